The van der Waals surface area contributed by atoms with Crippen LogP contribution in [0.5, 0.6) is 0 Å². The Morgan fingerprint density at radius 1 is 1.13 bits per heavy atom. The molecule has 1 saturated heterocycles. The summed E-state index contributed by atoms with van der Waals surface area (Å²) >= 11 is 0. The predicted octanol–water partition coefficient (Wildman–Crippen LogP) is 1.69. The Labute approximate surface area is 176 Å². The lowest BCUT2D eigenvalue weighted by atomic mass is 10.1. The summed E-state index contributed by atoms with van der Waals surface area (Å²) in [7, 11) is 3.98. The van der Waals surface area contributed by atoms with Crippen LogP contribution in [0, 0.1) is 5.82 Å². The molecule has 0 atom stereocenters. The van der Waals surface area contributed by atoms with Gasteiger partial charge in [0.25, 0.3) is 0 Å². The van der Waals surface area contributed by atoms with Crippen LogP contribution in [0.1, 0.15) is 16.8 Å². The number of ether oxygens (including phenoxy) is 1. The van der Waals surface area contributed by atoms with Crippen LogP contribution in [0.2, 0.25) is 0 Å². The molecule has 0 bridgehead atoms. The van der Waals surface area contributed by atoms with Gasteiger partial charge in [0.15, 0.2) is 0 Å². The van der Waals surface area contributed by atoms with Crippen LogP contribution in [0.3, 0.4) is 0 Å². The fraction of sp³-hybridized carbons (Fsp3) is 0.500. The van der Waals surface area contributed by atoms with Crippen molar-refractivity contribution in [2.24, 2.45) is 0 Å². The molecule has 1 aromatic heterocycles. The lowest BCUT2D eigenvalue weighted by molar-refractivity contribution is -0.130. The third-order valence-electron chi connectivity index (χ3n) is 5.62. The van der Waals surface area contributed by atoms with Crippen molar-refractivity contribution in [1.82, 2.24) is 14.9 Å². The van der Waals surface area contributed by atoms with Crippen molar-refractivity contribution in [2.75, 3.05) is 63.3 Å². The van der Waals surface area contributed by atoms with Crippen molar-refractivity contribution in [3.63, 3.8) is 0 Å². The third-order valence-corrected chi connectivity index (χ3v) is 5.62. The van der Waals surface area contributed by atoms with Gasteiger partial charge >= 0.3 is 0 Å². The Hall–Kier alpha value is -2.74. The number of rotatable bonds is 4. The third kappa shape index (κ3) is 4.53. The molecule has 0 aliphatic carbocycles. The number of morpholine rings is 1. The summed E-state index contributed by atoms with van der Waals surface area (Å²) in [5.41, 5.74) is 2.82. The summed E-state index contributed by atoms with van der Waals surface area (Å²) in [5.74, 6) is 1.35. The molecule has 1 fully saturated rings. The Balaban J connectivity index is 1.53. The summed E-state index contributed by atoms with van der Waals surface area (Å²) in [4.78, 5) is 28.6. The zero-order chi connectivity index (χ0) is 21.1. The van der Waals surface area contributed by atoms with Gasteiger partial charge in [-0.05, 0) is 24.1 Å². The van der Waals surface area contributed by atoms with E-state index in [2.05, 4.69) is 4.90 Å². The number of hydrogen-bond acceptors (Lipinski definition) is 6. The van der Waals surface area contributed by atoms with Crippen LogP contribution in [-0.2, 0) is 28.8 Å². The molecule has 0 unspecified atom stereocenters. The zero-order valence-corrected chi connectivity index (χ0v) is 17.6. The van der Waals surface area contributed by atoms with E-state index < -0.39 is 0 Å². The number of carbonyl (C=O) groups excluding carboxylic acids is 1. The molecular weight excluding hydrogens is 385 g/mol. The Kier molecular flexibility index (Phi) is 6.13. The highest BCUT2D eigenvalue weighted by molar-refractivity contribution is 5.79. The number of benzene rings is 1. The second-order valence-electron chi connectivity index (χ2n) is 7.95. The van der Waals surface area contributed by atoms with Crippen molar-refractivity contribution >= 4 is 17.7 Å². The molecule has 2 aliphatic rings. The zero-order valence-electron chi connectivity index (χ0n) is 17.6. The second kappa shape index (κ2) is 8.95. The average molecular weight is 413 g/mol. The monoisotopic (exact) mass is 413 g/mol. The molecule has 1 amide bonds. The fourth-order valence-electron chi connectivity index (χ4n) is 4.02. The summed E-state index contributed by atoms with van der Waals surface area (Å²) in [5, 5.41) is 0. The smallest absolute Gasteiger partial charge is 0.227 e. The summed E-state index contributed by atoms with van der Waals surface area (Å²) in [6.45, 7) is 4.14. The maximum absolute atomic E-state index is 13.5. The van der Waals surface area contributed by atoms with E-state index in [0.717, 1.165) is 36.1 Å². The number of amides is 1. The van der Waals surface area contributed by atoms with E-state index in [9.17, 15) is 9.18 Å². The van der Waals surface area contributed by atoms with Crippen molar-refractivity contribution < 1.29 is 13.9 Å². The molecule has 7 nitrogen and oxygen atoms in total. The molecule has 2 aliphatic heterocycles. The number of aromatic nitrogens is 2. The first-order valence-electron chi connectivity index (χ1n) is 10.4. The van der Waals surface area contributed by atoms with Gasteiger partial charge in [0.1, 0.15) is 11.6 Å². The maximum atomic E-state index is 13.5. The SMILES string of the molecule is CN(C)c1nc(N2CCOCC2)nc2c1CCN(C(=O)Cc1cccc(F)c1)CC2. The predicted molar refractivity (Wildman–Crippen MR) is 113 cm³/mol. The van der Waals surface area contributed by atoms with Gasteiger partial charge in [-0.1, -0.05) is 12.1 Å². The quantitative estimate of drug-likeness (QED) is 0.760. The number of nitrogens with zero attached hydrogens (tertiary/aromatic N) is 5. The van der Waals surface area contributed by atoms with Crippen molar-refractivity contribution in [1.29, 1.82) is 0 Å². The van der Waals surface area contributed by atoms with Crippen molar-refractivity contribution in [2.45, 2.75) is 19.3 Å². The summed E-state index contributed by atoms with van der Waals surface area (Å²) in [6, 6.07) is 6.25. The molecule has 160 valence electrons. The van der Waals surface area contributed by atoms with Gasteiger partial charge in [-0.15, -0.1) is 0 Å². The molecule has 0 N–H and O–H groups in total. The molecule has 3 heterocycles. The minimum Gasteiger partial charge on any atom is -0.378 e. The highest BCUT2D eigenvalue weighted by Crippen LogP contribution is 2.26. The van der Waals surface area contributed by atoms with Gasteiger partial charge < -0.3 is 19.4 Å². The van der Waals surface area contributed by atoms with Crippen LogP contribution >= 0.6 is 0 Å². The van der Waals surface area contributed by atoms with E-state index in [0.29, 0.717) is 44.7 Å². The molecule has 2 aromatic rings. The van der Waals surface area contributed by atoms with E-state index in [-0.39, 0.29) is 18.1 Å². The molecule has 0 radical (unpaired) electrons. The van der Waals surface area contributed by atoms with Crippen LogP contribution in [0.25, 0.3) is 0 Å². The van der Waals surface area contributed by atoms with Crippen LogP contribution in [0.15, 0.2) is 24.3 Å². The van der Waals surface area contributed by atoms with Crippen molar-refractivity contribution in [3.8, 4) is 0 Å². The molecule has 0 spiro atoms. The second-order valence-corrected chi connectivity index (χ2v) is 7.95. The normalized spacial score (nSPS) is 16.8. The fourth-order valence-corrected chi connectivity index (χ4v) is 4.02. The largest absolute Gasteiger partial charge is 0.378 e. The van der Waals surface area contributed by atoms with Crippen LogP contribution in [-0.4, -0.2) is 74.3 Å². The highest BCUT2D eigenvalue weighted by Gasteiger charge is 2.25. The van der Waals surface area contributed by atoms with Gasteiger partial charge in [0.05, 0.1) is 25.3 Å². The minimum absolute atomic E-state index is 0.0150. The average Bonchev–Trinajstić information content (AvgIpc) is 2.96. The first kappa shape index (κ1) is 20.5. The molecule has 30 heavy (non-hydrogen) atoms. The van der Waals surface area contributed by atoms with E-state index in [1.165, 1.54) is 12.1 Å². The Morgan fingerprint density at radius 3 is 2.63 bits per heavy atom. The van der Waals surface area contributed by atoms with Gasteiger partial charge in [0.2, 0.25) is 11.9 Å². The van der Waals surface area contributed by atoms with E-state index in [1.807, 2.05) is 23.9 Å². The summed E-state index contributed by atoms with van der Waals surface area (Å²) < 4.78 is 18.9. The number of halogens is 1. The van der Waals surface area contributed by atoms with Crippen LogP contribution in [0.4, 0.5) is 16.2 Å². The Morgan fingerprint density at radius 2 is 1.90 bits per heavy atom. The molecule has 4 rings (SSSR count). The van der Waals surface area contributed by atoms with E-state index in [1.54, 1.807) is 12.1 Å². The number of carbonyl (C=O) groups is 1. The molecule has 8 heteroatoms. The molecular formula is C22H28FN5O2. The summed E-state index contributed by atoms with van der Waals surface area (Å²) in [6.07, 6.45) is 1.60. The first-order chi connectivity index (χ1) is 14.5. The minimum atomic E-state index is -0.315. The first-order valence-corrected chi connectivity index (χ1v) is 10.4. The topological polar surface area (TPSA) is 61.8 Å². The van der Waals surface area contributed by atoms with Gasteiger partial charge in [0, 0.05) is 52.3 Å². The maximum Gasteiger partial charge on any atom is 0.227 e. The standard InChI is InChI=1S/C22H28FN5O2/c1-26(2)21-18-6-8-27(20(29)15-16-4-3-5-17(23)14-16)9-7-19(18)24-22(25-21)28-10-12-30-13-11-28/h3-5,14H,6-13,15H2,1-2H3. The van der Waals surface area contributed by atoms with Crippen LogP contribution < -0.4 is 9.80 Å². The van der Waals surface area contributed by atoms with Crippen molar-refractivity contribution in [3.05, 3.63) is 46.9 Å². The Bertz CT molecular complexity index is 914. The number of hydrogen-bond donors (Lipinski definition) is 0. The van der Waals surface area contributed by atoms with Gasteiger partial charge in [-0.3, -0.25) is 4.79 Å². The lowest BCUT2D eigenvalue weighted by Gasteiger charge is -2.28. The molecule has 0 saturated carbocycles. The van der Waals surface area contributed by atoms with E-state index in [4.69, 9.17) is 14.7 Å². The highest BCUT2D eigenvalue weighted by atomic mass is 19.1. The van der Waals surface area contributed by atoms with E-state index >= 15 is 0 Å². The lowest BCUT2D eigenvalue weighted by Crippen LogP contribution is -2.38. The number of anilines is 2. The van der Waals surface area contributed by atoms with Gasteiger partial charge in [-0.25, -0.2) is 9.37 Å². The molecule has 1 aromatic carbocycles. The van der Waals surface area contributed by atoms with Gasteiger partial charge in [-0.2, -0.15) is 4.98 Å². The number of fused-ring (bicyclic) bond motifs is 1.